The lowest BCUT2D eigenvalue weighted by Crippen LogP contribution is -2.48. The minimum atomic E-state index is -4.39. The minimum Gasteiger partial charge on any atom is -0.484 e. The average Bonchev–Trinajstić information content (AvgIpc) is 3.64. The van der Waals surface area contributed by atoms with Gasteiger partial charge in [-0.15, -0.1) is 0 Å². The molecule has 48 heavy (non-hydrogen) atoms. The lowest BCUT2D eigenvalue weighted by atomic mass is 10.2. The van der Waals surface area contributed by atoms with Crippen molar-refractivity contribution in [2.45, 2.75) is 17.7 Å². The van der Waals surface area contributed by atoms with Crippen molar-refractivity contribution in [2.24, 2.45) is 14.1 Å². The first-order valence-electron chi connectivity index (χ1n) is 14.9. The number of amides is 1. The minimum absolute atomic E-state index is 0.0904. The first-order chi connectivity index (χ1) is 22.8. The summed E-state index contributed by atoms with van der Waals surface area (Å²) < 4.78 is 78.7. The number of alkyl halides is 3. The molecule has 1 aliphatic heterocycles. The Bertz CT molecular complexity index is 2020. The number of aromatic nitrogens is 4. The molecule has 16 heteroatoms. The summed E-state index contributed by atoms with van der Waals surface area (Å²) in [5.74, 6) is 0.818. The summed E-state index contributed by atoms with van der Waals surface area (Å²) in [6.45, 7) is 1.63. The quantitative estimate of drug-likeness (QED) is 0.223. The Labute approximate surface area is 274 Å². The molecule has 2 aromatic carbocycles. The summed E-state index contributed by atoms with van der Waals surface area (Å²) in [4.78, 5) is 25.6. The molecule has 1 N–H and O–H groups in total. The number of benzene rings is 2. The zero-order chi connectivity index (χ0) is 34.1. The van der Waals surface area contributed by atoms with Crippen molar-refractivity contribution in [3.8, 4) is 17.4 Å². The third-order valence-electron chi connectivity index (χ3n) is 7.79. The monoisotopic (exact) mass is 683 g/mol. The van der Waals surface area contributed by atoms with Crippen LogP contribution in [0, 0.1) is 0 Å². The van der Waals surface area contributed by atoms with E-state index in [0.29, 0.717) is 44.2 Å². The standard InChI is InChI=1S/C32H32F3N7O5S/c1-39-19-30(37-21-39)48(44,45)38-24-6-10-29(36-17-24)47-26-9-5-23-15-28(40(2)27(23)16-26)31(43)42-13-11-41(12-14-42)18-22-3-7-25(8-4-22)46-20-32(33,34)35/h3-10,15-17,19,21,38H,11-14,18,20H2,1-2H3. The number of fused-ring (bicyclic) bond motifs is 1. The zero-order valence-corrected chi connectivity index (χ0v) is 26.8. The Balaban J connectivity index is 1.04. The van der Waals surface area contributed by atoms with Crippen LogP contribution < -0.4 is 14.2 Å². The smallest absolute Gasteiger partial charge is 0.422 e. The molecule has 1 fully saturated rings. The summed E-state index contributed by atoms with van der Waals surface area (Å²) >= 11 is 0. The maximum atomic E-state index is 13.5. The van der Waals surface area contributed by atoms with Crippen molar-refractivity contribution in [2.75, 3.05) is 37.5 Å². The van der Waals surface area contributed by atoms with E-state index in [4.69, 9.17) is 9.47 Å². The molecule has 0 saturated carbocycles. The van der Waals surface area contributed by atoms with Crippen LogP contribution in [0.15, 0.2) is 84.4 Å². The number of hydrogen-bond donors (Lipinski definition) is 1. The molecule has 1 saturated heterocycles. The van der Waals surface area contributed by atoms with E-state index >= 15 is 0 Å². The Morgan fingerprint density at radius 3 is 2.31 bits per heavy atom. The number of nitrogens with one attached hydrogen (secondary N) is 1. The predicted octanol–water partition coefficient (Wildman–Crippen LogP) is 4.80. The van der Waals surface area contributed by atoms with Gasteiger partial charge >= 0.3 is 6.18 Å². The molecular formula is C32H32F3N7O5S. The number of sulfonamides is 1. The van der Waals surface area contributed by atoms with Crippen molar-refractivity contribution in [1.82, 2.24) is 28.9 Å². The topological polar surface area (TPSA) is 124 Å². The molecule has 252 valence electrons. The number of hydrogen-bond acceptors (Lipinski definition) is 8. The second-order valence-corrected chi connectivity index (χ2v) is 13.0. The van der Waals surface area contributed by atoms with E-state index in [1.807, 2.05) is 34.7 Å². The summed E-state index contributed by atoms with van der Waals surface area (Å²) in [6.07, 6.45) is -0.250. The van der Waals surface area contributed by atoms with E-state index in [2.05, 4.69) is 19.6 Å². The highest BCUT2D eigenvalue weighted by molar-refractivity contribution is 7.92. The molecule has 4 heterocycles. The fraction of sp³-hybridized carbons (Fsp3) is 0.281. The van der Waals surface area contributed by atoms with E-state index in [9.17, 15) is 26.4 Å². The molecule has 0 radical (unpaired) electrons. The van der Waals surface area contributed by atoms with Gasteiger partial charge in [-0.3, -0.25) is 14.4 Å². The Morgan fingerprint density at radius 2 is 1.67 bits per heavy atom. The molecule has 1 amide bonds. The number of piperazine rings is 1. The maximum absolute atomic E-state index is 13.5. The molecule has 0 unspecified atom stereocenters. The zero-order valence-electron chi connectivity index (χ0n) is 26.0. The molecule has 1 aliphatic rings. The fourth-order valence-electron chi connectivity index (χ4n) is 5.32. The molecule has 0 bridgehead atoms. The number of halogens is 3. The fourth-order valence-corrected chi connectivity index (χ4v) is 6.35. The van der Waals surface area contributed by atoms with Gasteiger partial charge in [0, 0.05) is 70.5 Å². The van der Waals surface area contributed by atoms with Gasteiger partial charge in [-0.2, -0.15) is 21.6 Å². The highest BCUT2D eigenvalue weighted by Gasteiger charge is 2.28. The molecule has 3 aromatic heterocycles. The van der Waals surface area contributed by atoms with Gasteiger partial charge in [0.05, 0.1) is 23.7 Å². The summed E-state index contributed by atoms with van der Waals surface area (Å²) in [7, 11) is -0.366. The lowest BCUT2D eigenvalue weighted by Gasteiger charge is -2.34. The number of ether oxygens (including phenoxy) is 2. The first-order valence-corrected chi connectivity index (χ1v) is 16.4. The SMILES string of the molecule is Cn1cnc(S(=O)(=O)Nc2ccc(Oc3ccc4cc(C(=O)N5CCN(Cc6ccc(OCC(F)(F)F)cc6)CC5)n(C)c4c3)nc2)c1. The number of pyridine rings is 1. The molecule has 0 spiro atoms. The van der Waals surface area contributed by atoms with Gasteiger partial charge in [0.1, 0.15) is 17.2 Å². The Hall–Kier alpha value is -5.09. The summed E-state index contributed by atoms with van der Waals surface area (Å²) in [6, 6.07) is 16.9. The van der Waals surface area contributed by atoms with Crippen LogP contribution in [0.1, 0.15) is 16.1 Å². The van der Waals surface area contributed by atoms with Crippen LogP contribution in [-0.4, -0.2) is 82.2 Å². The lowest BCUT2D eigenvalue weighted by molar-refractivity contribution is -0.153. The Morgan fingerprint density at radius 1 is 0.938 bits per heavy atom. The van der Waals surface area contributed by atoms with E-state index in [1.165, 1.54) is 41.5 Å². The highest BCUT2D eigenvalue weighted by Crippen LogP contribution is 2.28. The number of rotatable bonds is 10. The van der Waals surface area contributed by atoms with Gasteiger partial charge in [-0.1, -0.05) is 12.1 Å². The van der Waals surface area contributed by atoms with Crippen molar-refractivity contribution in [3.63, 3.8) is 0 Å². The van der Waals surface area contributed by atoms with Gasteiger partial charge in [0.25, 0.3) is 15.9 Å². The summed E-state index contributed by atoms with van der Waals surface area (Å²) in [5, 5.41) is 0.756. The van der Waals surface area contributed by atoms with Crippen LogP contribution in [0.5, 0.6) is 17.4 Å². The van der Waals surface area contributed by atoms with Crippen LogP contribution in [0.25, 0.3) is 10.9 Å². The van der Waals surface area contributed by atoms with Crippen molar-refractivity contribution < 1.29 is 35.9 Å². The summed E-state index contributed by atoms with van der Waals surface area (Å²) in [5.41, 5.74) is 2.52. The van der Waals surface area contributed by atoms with Gasteiger partial charge in [-0.05, 0) is 42.0 Å². The number of imidazole rings is 1. The van der Waals surface area contributed by atoms with E-state index < -0.39 is 22.8 Å². The molecular weight excluding hydrogens is 651 g/mol. The molecule has 0 aliphatic carbocycles. The van der Waals surface area contributed by atoms with Crippen LogP contribution >= 0.6 is 0 Å². The molecule has 0 atom stereocenters. The Kier molecular flexibility index (Phi) is 9.03. The van der Waals surface area contributed by atoms with Gasteiger partial charge < -0.3 is 23.5 Å². The van der Waals surface area contributed by atoms with Crippen molar-refractivity contribution in [3.05, 3.63) is 90.6 Å². The third kappa shape index (κ3) is 7.71. The molecule has 12 nitrogen and oxygen atoms in total. The van der Waals surface area contributed by atoms with Crippen molar-refractivity contribution in [1.29, 1.82) is 0 Å². The van der Waals surface area contributed by atoms with Gasteiger partial charge in [0.2, 0.25) is 5.88 Å². The number of aryl methyl sites for hydroxylation is 2. The normalized spacial score (nSPS) is 14.3. The maximum Gasteiger partial charge on any atom is 0.422 e. The van der Waals surface area contributed by atoms with E-state index in [0.717, 1.165) is 16.5 Å². The van der Waals surface area contributed by atoms with Gasteiger partial charge in [-0.25, -0.2) is 9.97 Å². The van der Waals surface area contributed by atoms with Crippen LogP contribution in [0.3, 0.4) is 0 Å². The van der Waals surface area contributed by atoms with Crippen LogP contribution in [0.4, 0.5) is 18.9 Å². The number of nitrogens with zero attached hydrogens (tertiary/aromatic N) is 6. The largest absolute Gasteiger partial charge is 0.484 e. The van der Waals surface area contributed by atoms with Crippen LogP contribution in [0.2, 0.25) is 0 Å². The average molecular weight is 684 g/mol. The van der Waals surface area contributed by atoms with Crippen LogP contribution in [-0.2, 0) is 30.7 Å². The predicted molar refractivity (Wildman–Crippen MR) is 170 cm³/mol. The molecule has 5 aromatic rings. The van der Waals surface area contributed by atoms with E-state index in [-0.39, 0.29) is 28.3 Å². The second-order valence-electron chi connectivity index (χ2n) is 11.4. The van der Waals surface area contributed by atoms with E-state index in [1.54, 1.807) is 31.3 Å². The highest BCUT2D eigenvalue weighted by atomic mass is 32.2. The second kappa shape index (κ2) is 13.2. The van der Waals surface area contributed by atoms with Gasteiger partial charge in [0.15, 0.2) is 11.6 Å². The number of carbonyl (C=O) groups excluding carboxylic acids is 1. The first kappa shape index (κ1) is 32.8. The molecule has 6 rings (SSSR count). The third-order valence-corrected chi connectivity index (χ3v) is 9.06. The van der Waals surface area contributed by atoms with Crippen molar-refractivity contribution >= 4 is 32.5 Å². The number of carbonyl (C=O) groups is 1. The number of anilines is 1.